The van der Waals surface area contributed by atoms with Crippen LogP contribution in [0.3, 0.4) is 0 Å². The fraction of sp³-hybridized carbons (Fsp3) is 1.00. The molecule has 0 aliphatic carbocycles. The number of unbranched alkanes of at least 4 members (excludes halogenated alkanes) is 6. The molecule has 0 amide bonds. The van der Waals surface area contributed by atoms with Crippen molar-refractivity contribution in [3.8, 4) is 0 Å². The van der Waals surface area contributed by atoms with E-state index in [9.17, 15) is 0 Å². The van der Waals surface area contributed by atoms with Gasteiger partial charge < -0.3 is 4.90 Å². The van der Waals surface area contributed by atoms with E-state index < -0.39 is 0 Å². The van der Waals surface area contributed by atoms with Crippen molar-refractivity contribution in [2.24, 2.45) is 0 Å². The standard InChI is InChI=1S/C13H28IN/c1-3-15(4-2)13-11-9-7-5-6-8-10-12-14/h3-13H2,1-2H3. The third-order valence-corrected chi connectivity index (χ3v) is 3.77. The SMILES string of the molecule is CCN(CC)CCCCCCCCCI. The molecule has 0 aromatic carbocycles. The third kappa shape index (κ3) is 11.0. The van der Waals surface area contributed by atoms with E-state index in [1.165, 1.54) is 69.0 Å². The van der Waals surface area contributed by atoms with Crippen LogP contribution in [0.2, 0.25) is 0 Å². The van der Waals surface area contributed by atoms with E-state index in [4.69, 9.17) is 0 Å². The summed E-state index contributed by atoms with van der Waals surface area (Å²) in [6.07, 6.45) is 10.0. The maximum absolute atomic E-state index is 2.52. The van der Waals surface area contributed by atoms with Crippen molar-refractivity contribution in [1.29, 1.82) is 0 Å². The van der Waals surface area contributed by atoms with Crippen LogP contribution in [0.1, 0.15) is 58.8 Å². The molecule has 0 saturated carbocycles. The van der Waals surface area contributed by atoms with Gasteiger partial charge in [-0.3, -0.25) is 0 Å². The molecule has 0 unspecified atom stereocenters. The zero-order valence-corrected chi connectivity index (χ0v) is 12.8. The van der Waals surface area contributed by atoms with Crippen LogP contribution >= 0.6 is 22.6 Å². The molecule has 0 spiro atoms. The van der Waals surface area contributed by atoms with E-state index in [1.807, 2.05) is 0 Å². The van der Waals surface area contributed by atoms with E-state index in [-0.39, 0.29) is 0 Å². The molecule has 0 saturated heterocycles. The zero-order valence-electron chi connectivity index (χ0n) is 10.6. The summed E-state index contributed by atoms with van der Waals surface area (Å²) in [5.74, 6) is 0. The molecular weight excluding hydrogens is 297 g/mol. The monoisotopic (exact) mass is 325 g/mol. The van der Waals surface area contributed by atoms with Crippen LogP contribution in [0.25, 0.3) is 0 Å². The molecule has 1 nitrogen and oxygen atoms in total. The quantitative estimate of drug-likeness (QED) is 0.307. The summed E-state index contributed by atoms with van der Waals surface area (Å²) in [4.78, 5) is 2.52. The maximum Gasteiger partial charge on any atom is -0.000473 e. The third-order valence-electron chi connectivity index (χ3n) is 3.00. The maximum atomic E-state index is 2.52. The Hall–Kier alpha value is 0.690. The molecule has 0 aliphatic heterocycles. The molecule has 0 aliphatic rings. The lowest BCUT2D eigenvalue weighted by Gasteiger charge is -2.17. The van der Waals surface area contributed by atoms with E-state index in [0.717, 1.165) is 0 Å². The molecule has 0 rings (SSSR count). The lowest BCUT2D eigenvalue weighted by atomic mass is 10.1. The first-order valence-electron chi connectivity index (χ1n) is 6.63. The van der Waals surface area contributed by atoms with Gasteiger partial charge >= 0.3 is 0 Å². The Morgan fingerprint density at radius 2 is 1.20 bits per heavy atom. The van der Waals surface area contributed by atoms with Crippen molar-refractivity contribution in [3.63, 3.8) is 0 Å². The summed E-state index contributed by atoms with van der Waals surface area (Å²) in [6.45, 7) is 8.25. The van der Waals surface area contributed by atoms with E-state index >= 15 is 0 Å². The molecule has 0 aromatic rings. The molecule has 0 radical (unpaired) electrons. The lowest BCUT2D eigenvalue weighted by molar-refractivity contribution is 0.295. The van der Waals surface area contributed by atoms with Crippen LogP contribution in [0.5, 0.6) is 0 Å². The Kier molecular flexibility index (Phi) is 13.3. The highest BCUT2D eigenvalue weighted by Crippen LogP contribution is 2.08. The molecule has 2 heteroatoms. The molecule has 15 heavy (non-hydrogen) atoms. The highest BCUT2D eigenvalue weighted by Gasteiger charge is 1.97. The summed E-state index contributed by atoms with van der Waals surface area (Å²) in [5, 5.41) is 0. The van der Waals surface area contributed by atoms with Crippen LogP contribution in [0.15, 0.2) is 0 Å². The van der Waals surface area contributed by atoms with E-state index in [2.05, 4.69) is 41.3 Å². The van der Waals surface area contributed by atoms with Crippen molar-refractivity contribution in [1.82, 2.24) is 4.90 Å². The summed E-state index contributed by atoms with van der Waals surface area (Å²) < 4.78 is 1.33. The van der Waals surface area contributed by atoms with Crippen molar-refractivity contribution in [3.05, 3.63) is 0 Å². The second-order valence-electron chi connectivity index (χ2n) is 4.19. The minimum absolute atomic E-state index is 1.21. The van der Waals surface area contributed by atoms with Crippen molar-refractivity contribution < 1.29 is 0 Å². The molecule has 0 heterocycles. The first-order valence-corrected chi connectivity index (χ1v) is 8.16. The fourth-order valence-electron chi connectivity index (χ4n) is 1.85. The average Bonchev–Trinajstić information content (AvgIpc) is 2.27. The highest BCUT2D eigenvalue weighted by molar-refractivity contribution is 14.1. The molecule has 0 atom stereocenters. The minimum Gasteiger partial charge on any atom is -0.304 e. The first-order chi connectivity index (χ1) is 7.35. The Labute approximate surface area is 110 Å². The van der Waals surface area contributed by atoms with Gasteiger partial charge in [0, 0.05) is 0 Å². The van der Waals surface area contributed by atoms with Gasteiger partial charge in [-0.05, 0) is 36.9 Å². The number of halogens is 1. The van der Waals surface area contributed by atoms with Gasteiger partial charge in [-0.15, -0.1) is 0 Å². The molecule has 0 aromatic heterocycles. The van der Waals surface area contributed by atoms with E-state index in [0.29, 0.717) is 0 Å². The van der Waals surface area contributed by atoms with Gasteiger partial charge in [0.1, 0.15) is 0 Å². The van der Waals surface area contributed by atoms with Crippen LogP contribution in [-0.2, 0) is 0 Å². The summed E-state index contributed by atoms with van der Waals surface area (Å²) in [7, 11) is 0. The molecular formula is C13H28IN. The van der Waals surface area contributed by atoms with Gasteiger partial charge in [-0.25, -0.2) is 0 Å². The highest BCUT2D eigenvalue weighted by atomic mass is 127. The summed E-state index contributed by atoms with van der Waals surface area (Å²) in [5.41, 5.74) is 0. The Morgan fingerprint density at radius 3 is 1.67 bits per heavy atom. The van der Waals surface area contributed by atoms with Crippen LogP contribution < -0.4 is 0 Å². The summed E-state index contributed by atoms with van der Waals surface area (Å²) >= 11 is 2.47. The van der Waals surface area contributed by atoms with Gasteiger partial charge in [0.15, 0.2) is 0 Å². The minimum atomic E-state index is 1.21. The number of hydrogen-bond acceptors (Lipinski definition) is 1. The van der Waals surface area contributed by atoms with Gasteiger partial charge in [0.25, 0.3) is 0 Å². The number of nitrogens with zero attached hydrogens (tertiary/aromatic N) is 1. The number of rotatable bonds is 11. The zero-order chi connectivity index (χ0) is 11.4. The van der Waals surface area contributed by atoms with Crippen LogP contribution in [0.4, 0.5) is 0 Å². The first kappa shape index (κ1) is 15.7. The summed E-state index contributed by atoms with van der Waals surface area (Å²) in [6, 6.07) is 0. The predicted molar refractivity (Wildman–Crippen MR) is 79.0 cm³/mol. The van der Waals surface area contributed by atoms with E-state index in [1.54, 1.807) is 0 Å². The predicted octanol–water partition coefficient (Wildman–Crippen LogP) is 4.49. The van der Waals surface area contributed by atoms with Crippen molar-refractivity contribution in [2.75, 3.05) is 24.1 Å². The number of alkyl halides is 1. The largest absolute Gasteiger partial charge is 0.304 e. The molecule has 0 fully saturated rings. The van der Waals surface area contributed by atoms with Crippen LogP contribution in [-0.4, -0.2) is 29.0 Å². The Bertz CT molecular complexity index is 113. The Balaban J connectivity index is 3.04. The van der Waals surface area contributed by atoms with Crippen molar-refractivity contribution in [2.45, 2.75) is 58.8 Å². The van der Waals surface area contributed by atoms with Gasteiger partial charge in [0.05, 0.1) is 0 Å². The second kappa shape index (κ2) is 12.8. The van der Waals surface area contributed by atoms with Crippen LogP contribution in [0, 0.1) is 0 Å². The van der Waals surface area contributed by atoms with Crippen molar-refractivity contribution >= 4 is 22.6 Å². The normalized spacial score (nSPS) is 11.2. The topological polar surface area (TPSA) is 3.24 Å². The molecule has 92 valence electrons. The fourth-order valence-corrected chi connectivity index (χ4v) is 2.39. The van der Waals surface area contributed by atoms with Gasteiger partial charge in [-0.1, -0.05) is 68.5 Å². The second-order valence-corrected chi connectivity index (χ2v) is 5.27. The number of hydrogen-bond donors (Lipinski definition) is 0. The average molecular weight is 325 g/mol. The molecule has 0 bridgehead atoms. The molecule has 0 N–H and O–H groups in total. The Morgan fingerprint density at radius 1 is 0.733 bits per heavy atom. The smallest absolute Gasteiger partial charge is 0.000473 e. The lowest BCUT2D eigenvalue weighted by Crippen LogP contribution is -2.23. The van der Waals surface area contributed by atoms with Gasteiger partial charge in [-0.2, -0.15) is 0 Å². The van der Waals surface area contributed by atoms with Gasteiger partial charge in [0.2, 0.25) is 0 Å².